The van der Waals surface area contributed by atoms with E-state index in [0.29, 0.717) is 42.6 Å². The molecule has 0 radical (unpaired) electrons. The number of rotatable bonds is 10. The molecule has 2 N–H and O–H groups in total. The third kappa shape index (κ3) is 6.43. The summed E-state index contributed by atoms with van der Waals surface area (Å²) in [6.45, 7) is 3.69. The number of anilines is 1. The van der Waals surface area contributed by atoms with E-state index in [2.05, 4.69) is 0 Å². The Hall–Kier alpha value is -1.15. The van der Waals surface area contributed by atoms with Crippen molar-refractivity contribution in [3.8, 4) is 0 Å². The average molecular weight is 317 g/mol. The zero-order valence-corrected chi connectivity index (χ0v) is 13.3. The van der Waals surface area contributed by atoms with Gasteiger partial charge in [-0.3, -0.25) is 0 Å². The lowest BCUT2D eigenvalue weighted by Crippen LogP contribution is -2.16. The van der Waals surface area contributed by atoms with Crippen molar-refractivity contribution >= 4 is 15.5 Å². The summed E-state index contributed by atoms with van der Waals surface area (Å²) in [7, 11) is -1.75. The minimum atomic E-state index is -3.35. The third-order valence-corrected chi connectivity index (χ3v) is 4.67. The summed E-state index contributed by atoms with van der Waals surface area (Å²) in [6.07, 6.45) is 0. The van der Waals surface area contributed by atoms with Crippen LogP contribution in [0.25, 0.3) is 0 Å². The zero-order chi connectivity index (χ0) is 15.7. The van der Waals surface area contributed by atoms with Gasteiger partial charge in [0.05, 0.1) is 43.7 Å². The van der Waals surface area contributed by atoms with Crippen molar-refractivity contribution in [1.29, 1.82) is 0 Å². The van der Waals surface area contributed by atoms with Gasteiger partial charge in [-0.15, -0.1) is 0 Å². The van der Waals surface area contributed by atoms with E-state index in [1.54, 1.807) is 26.2 Å². The summed E-state index contributed by atoms with van der Waals surface area (Å²) in [5, 5.41) is 0. The van der Waals surface area contributed by atoms with Crippen LogP contribution in [0.5, 0.6) is 0 Å². The van der Waals surface area contributed by atoms with Gasteiger partial charge in [0, 0.05) is 12.8 Å². The molecule has 0 saturated heterocycles. The van der Waals surface area contributed by atoms with E-state index in [0.717, 1.165) is 0 Å². The van der Waals surface area contributed by atoms with Crippen molar-refractivity contribution in [3.05, 3.63) is 23.8 Å². The zero-order valence-electron chi connectivity index (χ0n) is 12.5. The summed E-state index contributed by atoms with van der Waals surface area (Å²) in [5.74, 6) is -0.0597. The number of nitrogens with two attached hydrogens (primary N) is 1. The van der Waals surface area contributed by atoms with Crippen LogP contribution in [-0.4, -0.2) is 54.3 Å². The first-order valence-corrected chi connectivity index (χ1v) is 8.36. The van der Waals surface area contributed by atoms with Gasteiger partial charge in [-0.1, -0.05) is 0 Å². The van der Waals surface area contributed by atoms with E-state index in [4.69, 9.17) is 19.9 Å². The molecule has 1 aromatic rings. The molecule has 0 bridgehead atoms. The third-order valence-electron chi connectivity index (χ3n) is 2.83. The van der Waals surface area contributed by atoms with Gasteiger partial charge in [0.2, 0.25) is 0 Å². The molecule has 21 heavy (non-hydrogen) atoms. The van der Waals surface area contributed by atoms with Crippen LogP contribution in [0.4, 0.5) is 5.69 Å². The highest BCUT2D eigenvalue weighted by atomic mass is 32.2. The van der Waals surface area contributed by atoms with Gasteiger partial charge in [-0.2, -0.15) is 0 Å². The van der Waals surface area contributed by atoms with Crippen LogP contribution in [0.3, 0.4) is 0 Å². The van der Waals surface area contributed by atoms with E-state index in [9.17, 15) is 8.42 Å². The SMILES string of the molecule is COCCOCCOCCS(=O)(=O)c1ccc(N)cc1C. The van der Waals surface area contributed by atoms with Gasteiger partial charge in [-0.25, -0.2) is 8.42 Å². The van der Waals surface area contributed by atoms with E-state index < -0.39 is 9.84 Å². The van der Waals surface area contributed by atoms with Crippen molar-refractivity contribution in [1.82, 2.24) is 0 Å². The van der Waals surface area contributed by atoms with Crippen LogP contribution in [0.2, 0.25) is 0 Å². The van der Waals surface area contributed by atoms with Crippen LogP contribution in [0, 0.1) is 6.92 Å². The molecule has 0 amide bonds. The van der Waals surface area contributed by atoms with Gasteiger partial charge in [0.1, 0.15) is 0 Å². The number of hydrogen-bond acceptors (Lipinski definition) is 6. The Kier molecular flexibility index (Phi) is 7.66. The van der Waals surface area contributed by atoms with E-state index >= 15 is 0 Å². The number of methoxy groups -OCH3 is 1. The number of benzene rings is 1. The Morgan fingerprint density at radius 2 is 1.67 bits per heavy atom. The van der Waals surface area contributed by atoms with Crippen LogP contribution in [-0.2, 0) is 24.0 Å². The predicted molar refractivity (Wildman–Crippen MR) is 81.2 cm³/mol. The van der Waals surface area contributed by atoms with Gasteiger partial charge in [0.15, 0.2) is 9.84 Å². The molecule has 7 heteroatoms. The summed E-state index contributed by atoms with van der Waals surface area (Å²) in [6, 6.07) is 4.77. The summed E-state index contributed by atoms with van der Waals surface area (Å²) in [5.41, 5.74) is 6.82. The van der Waals surface area contributed by atoms with Crippen molar-refractivity contribution in [2.75, 3.05) is 51.6 Å². The summed E-state index contributed by atoms with van der Waals surface area (Å²) in [4.78, 5) is 0.302. The fourth-order valence-electron chi connectivity index (χ4n) is 1.76. The van der Waals surface area contributed by atoms with Crippen molar-refractivity contribution < 1.29 is 22.6 Å². The van der Waals surface area contributed by atoms with Crippen LogP contribution in [0.1, 0.15) is 5.56 Å². The molecule has 0 aromatic heterocycles. The molecule has 0 saturated carbocycles. The maximum absolute atomic E-state index is 12.2. The first kappa shape index (κ1) is 17.9. The molecule has 1 aromatic carbocycles. The monoisotopic (exact) mass is 317 g/mol. The van der Waals surface area contributed by atoms with Crippen LogP contribution < -0.4 is 5.73 Å². The smallest absolute Gasteiger partial charge is 0.180 e. The topological polar surface area (TPSA) is 87.9 Å². The molecule has 0 aliphatic rings. The first-order chi connectivity index (χ1) is 9.97. The van der Waals surface area contributed by atoms with Gasteiger partial charge >= 0.3 is 0 Å². The Morgan fingerprint density at radius 1 is 1.05 bits per heavy atom. The molecular formula is C14H23NO5S. The van der Waals surface area contributed by atoms with Crippen LogP contribution >= 0.6 is 0 Å². The summed E-state index contributed by atoms with van der Waals surface area (Å²) >= 11 is 0. The standard InChI is InChI=1S/C14H23NO5S/c1-12-11-13(15)3-4-14(12)21(16,17)10-9-20-8-7-19-6-5-18-2/h3-4,11H,5-10,15H2,1-2H3. The van der Waals surface area contributed by atoms with Crippen molar-refractivity contribution in [2.24, 2.45) is 0 Å². The first-order valence-electron chi connectivity index (χ1n) is 6.70. The molecule has 0 spiro atoms. The van der Waals surface area contributed by atoms with Crippen molar-refractivity contribution in [3.63, 3.8) is 0 Å². The number of nitrogen functional groups attached to an aromatic ring is 1. The lowest BCUT2D eigenvalue weighted by Gasteiger charge is -2.09. The fourth-order valence-corrected chi connectivity index (χ4v) is 3.15. The Balaban J connectivity index is 2.33. The highest BCUT2D eigenvalue weighted by Crippen LogP contribution is 2.19. The van der Waals surface area contributed by atoms with Gasteiger partial charge in [-0.05, 0) is 30.7 Å². The molecule has 0 atom stereocenters. The lowest BCUT2D eigenvalue weighted by atomic mass is 10.2. The number of ether oxygens (including phenoxy) is 3. The van der Waals surface area contributed by atoms with E-state index in [-0.39, 0.29) is 12.4 Å². The highest BCUT2D eigenvalue weighted by Gasteiger charge is 2.16. The molecule has 1 rings (SSSR count). The average Bonchev–Trinajstić information content (AvgIpc) is 2.41. The lowest BCUT2D eigenvalue weighted by molar-refractivity contribution is 0.0284. The van der Waals surface area contributed by atoms with Crippen LogP contribution in [0.15, 0.2) is 23.1 Å². The number of hydrogen-bond donors (Lipinski definition) is 1. The second-order valence-corrected chi connectivity index (χ2v) is 6.64. The maximum Gasteiger partial charge on any atom is 0.180 e. The number of sulfone groups is 1. The molecular weight excluding hydrogens is 294 g/mol. The second kappa shape index (κ2) is 8.99. The molecule has 0 aliphatic heterocycles. The quantitative estimate of drug-likeness (QED) is 0.512. The Labute approximate surface area is 126 Å². The predicted octanol–water partition coefficient (Wildman–Crippen LogP) is 1.03. The molecule has 0 fully saturated rings. The normalized spacial score (nSPS) is 11.7. The summed E-state index contributed by atoms with van der Waals surface area (Å²) < 4.78 is 39.6. The Morgan fingerprint density at radius 3 is 2.29 bits per heavy atom. The minimum Gasteiger partial charge on any atom is -0.399 e. The van der Waals surface area contributed by atoms with E-state index in [1.165, 1.54) is 6.07 Å². The maximum atomic E-state index is 12.2. The van der Waals surface area contributed by atoms with Gasteiger partial charge < -0.3 is 19.9 Å². The van der Waals surface area contributed by atoms with Crippen molar-refractivity contribution in [2.45, 2.75) is 11.8 Å². The fraction of sp³-hybridized carbons (Fsp3) is 0.571. The van der Waals surface area contributed by atoms with Gasteiger partial charge in [0.25, 0.3) is 0 Å². The largest absolute Gasteiger partial charge is 0.399 e. The Bertz CT molecular complexity index is 530. The molecule has 0 heterocycles. The highest BCUT2D eigenvalue weighted by molar-refractivity contribution is 7.91. The minimum absolute atomic E-state index is 0.0597. The number of aryl methyl sites for hydroxylation is 1. The second-order valence-electron chi connectivity index (χ2n) is 4.56. The molecule has 0 unspecified atom stereocenters. The molecule has 120 valence electrons. The molecule has 6 nitrogen and oxygen atoms in total. The molecule has 0 aliphatic carbocycles. The van der Waals surface area contributed by atoms with E-state index in [1.807, 2.05) is 0 Å².